The number of hydrogen-bond acceptors (Lipinski definition) is 6. The summed E-state index contributed by atoms with van der Waals surface area (Å²) in [5.74, 6) is 0.707. The minimum absolute atomic E-state index is 0.0799. The molecule has 1 amide bonds. The Morgan fingerprint density at radius 3 is 2.67 bits per heavy atom. The Bertz CT molecular complexity index is 417. The highest BCUT2D eigenvalue weighted by Crippen LogP contribution is 2.30. The van der Waals surface area contributed by atoms with E-state index in [1.165, 1.54) is 26.4 Å². The van der Waals surface area contributed by atoms with Crippen molar-refractivity contribution in [3.63, 3.8) is 0 Å². The molecule has 100 valence electrons. The molecule has 0 aliphatic heterocycles. The zero-order valence-corrected chi connectivity index (χ0v) is 10.0. The van der Waals surface area contributed by atoms with Gasteiger partial charge in [-0.25, -0.2) is 4.79 Å². The Labute approximate surface area is 103 Å². The maximum Gasteiger partial charge on any atom is 0.404 e. The molecular formula is C10H14N2O6. The molecule has 1 aliphatic rings. The Kier molecular flexibility index (Phi) is 4.13. The van der Waals surface area contributed by atoms with Crippen molar-refractivity contribution >= 4 is 6.09 Å². The highest BCUT2D eigenvalue weighted by molar-refractivity contribution is 5.64. The number of methoxy groups -OCH3 is 2. The lowest BCUT2D eigenvalue weighted by Gasteiger charge is -2.26. The van der Waals surface area contributed by atoms with Gasteiger partial charge >= 0.3 is 6.09 Å². The Balaban J connectivity index is 2.97. The summed E-state index contributed by atoms with van der Waals surface area (Å²) in [5, 5.41) is 11.1. The molecule has 0 bridgehead atoms. The van der Waals surface area contributed by atoms with Crippen molar-refractivity contribution in [2.24, 2.45) is 5.73 Å². The number of nitro groups is 1. The number of nitrogens with two attached hydrogens (primary N) is 1. The maximum atomic E-state index is 11.1. The monoisotopic (exact) mass is 258 g/mol. The summed E-state index contributed by atoms with van der Waals surface area (Å²) in [6.07, 6.45) is 1.57. The number of amides is 1. The number of nitrogens with zero attached hydrogens (tertiary/aromatic N) is 1. The molecule has 2 N–H and O–H groups in total. The van der Waals surface area contributed by atoms with E-state index in [0.717, 1.165) is 0 Å². The molecule has 0 radical (unpaired) electrons. The van der Waals surface area contributed by atoms with Crippen molar-refractivity contribution in [1.29, 1.82) is 0 Å². The third-order valence-electron chi connectivity index (χ3n) is 2.58. The quantitative estimate of drug-likeness (QED) is 0.569. The summed E-state index contributed by atoms with van der Waals surface area (Å²) in [5.41, 5.74) is 3.23. The lowest BCUT2D eigenvalue weighted by molar-refractivity contribution is -0.558. The Morgan fingerprint density at radius 1 is 1.56 bits per heavy atom. The van der Waals surface area contributed by atoms with E-state index in [9.17, 15) is 14.9 Å². The number of primary amides is 1. The fourth-order valence-corrected chi connectivity index (χ4v) is 1.58. The second-order valence-corrected chi connectivity index (χ2v) is 3.67. The van der Waals surface area contributed by atoms with E-state index in [1.807, 2.05) is 0 Å². The number of allylic oxidation sites excluding steroid dienone is 1. The van der Waals surface area contributed by atoms with Crippen LogP contribution in [0.5, 0.6) is 0 Å². The van der Waals surface area contributed by atoms with E-state index in [2.05, 4.69) is 4.74 Å². The fourth-order valence-electron chi connectivity index (χ4n) is 1.58. The van der Waals surface area contributed by atoms with Crippen molar-refractivity contribution in [1.82, 2.24) is 0 Å². The highest BCUT2D eigenvalue weighted by Gasteiger charge is 2.46. The molecule has 8 heteroatoms. The SMILES string of the molecule is COC1=C(OC)CC(COC(N)=O)([N+](=O)[O-])C=C1. The first-order valence-corrected chi connectivity index (χ1v) is 5.02. The molecule has 0 aromatic heterocycles. The van der Waals surface area contributed by atoms with Crippen LogP contribution in [0.25, 0.3) is 0 Å². The number of hydrogen-bond donors (Lipinski definition) is 1. The summed E-state index contributed by atoms with van der Waals surface area (Å²) < 4.78 is 14.6. The molecule has 0 heterocycles. The first-order valence-electron chi connectivity index (χ1n) is 5.02. The second-order valence-electron chi connectivity index (χ2n) is 3.67. The predicted octanol–water partition coefficient (Wildman–Crippen LogP) is 0.562. The molecule has 1 atom stereocenters. The maximum absolute atomic E-state index is 11.1. The zero-order valence-electron chi connectivity index (χ0n) is 10.0. The van der Waals surface area contributed by atoms with Gasteiger partial charge in [-0.1, -0.05) is 0 Å². The smallest absolute Gasteiger partial charge is 0.404 e. The van der Waals surface area contributed by atoms with Gasteiger partial charge in [-0.05, 0) is 12.2 Å². The minimum atomic E-state index is -1.58. The van der Waals surface area contributed by atoms with E-state index in [1.54, 1.807) is 0 Å². The summed E-state index contributed by atoms with van der Waals surface area (Å²) in [7, 11) is 2.81. The second kappa shape index (κ2) is 5.39. The normalized spacial score (nSPS) is 22.6. The van der Waals surface area contributed by atoms with Crippen LogP contribution in [0.4, 0.5) is 4.79 Å². The van der Waals surface area contributed by atoms with Crippen LogP contribution in [-0.4, -0.2) is 37.4 Å². The molecule has 18 heavy (non-hydrogen) atoms. The molecule has 0 saturated carbocycles. The van der Waals surface area contributed by atoms with Gasteiger partial charge in [0.05, 0.1) is 20.6 Å². The van der Waals surface area contributed by atoms with Gasteiger partial charge in [-0.15, -0.1) is 0 Å². The third-order valence-corrected chi connectivity index (χ3v) is 2.58. The highest BCUT2D eigenvalue weighted by atomic mass is 16.6. The van der Waals surface area contributed by atoms with Gasteiger partial charge < -0.3 is 19.9 Å². The van der Waals surface area contributed by atoms with Crippen LogP contribution in [0.3, 0.4) is 0 Å². The molecular weight excluding hydrogens is 244 g/mol. The van der Waals surface area contributed by atoms with Crippen molar-refractivity contribution in [3.05, 3.63) is 33.8 Å². The average Bonchev–Trinajstić information content (AvgIpc) is 2.35. The van der Waals surface area contributed by atoms with Gasteiger partial charge in [0.25, 0.3) is 5.54 Å². The van der Waals surface area contributed by atoms with Crippen molar-refractivity contribution < 1.29 is 23.9 Å². The van der Waals surface area contributed by atoms with Gasteiger partial charge in [0.15, 0.2) is 12.4 Å². The predicted molar refractivity (Wildman–Crippen MR) is 60.1 cm³/mol. The van der Waals surface area contributed by atoms with Crippen LogP contribution in [0, 0.1) is 10.1 Å². The van der Waals surface area contributed by atoms with Gasteiger partial charge in [-0.2, -0.15) is 0 Å². The summed E-state index contributed by atoms with van der Waals surface area (Å²) in [6.45, 7) is -0.463. The van der Waals surface area contributed by atoms with Crippen molar-refractivity contribution in [3.8, 4) is 0 Å². The van der Waals surface area contributed by atoms with Crippen molar-refractivity contribution in [2.75, 3.05) is 20.8 Å². The number of carbonyl (C=O) groups excluding carboxylic acids is 1. The van der Waals surface area contributed by atoms with E-state index >= 15 is 0 Å². The van der Waals surface area contributed by atoms with E-state index in [-0.39, 0.29) is 6.42 Å². The summed E-state index contributed by atoms with van der Waals surface area (Å²) in [6, 6.07) is 0. The molecule has 1 unspecified atom stereocenters. The zero-order chi connectivity index (χ0) is 13.8. The molecule has 0 aromatic rings. The summed E-state index contributed by atoms with van der Waals surface area (Å²) in [4.78, 5) is 21.2. The Hall–Kier alpha value is -2.25. The van der Waals surface area contributed by atoms with E-state index < -0.39 is 23.2 Å². The number of rotatable bonds is 5. The van der Waals surface area contributed by atoms with Crippen LogP contribution >= 0.6 is 0 Å². The van der Waals surface area contributed by atoms with Crippen LogP contribution < -0.4 is 5.73 Å². The van der Waals surface area contributed by atoms with Crippen LogP contribution in [0.2, 0.25) is 0 Å². The van der Waals surface area contributed by atoms with Gasteiger partial charge in [0, 0.05) is 4.92 Å². The fraction of sp³-hybridized carbons (Fsp3) is 0.500. The molecule has 0 spiro atoms. The van der Waals surface area contributed by atoms with E-state index in [4.69, 9.17) is 15.2 Å². The van der Waals surface area contributed by atoms with Gasteiger partial charge in [-0.3, -0.25) is 10.1 Å². The van der Waals surface area contributed by atoms with Gasteiger partial charge in [0.2, 0.25) is 0 Å². The van der Waals surface area contributed by atoms with Crippen molar-refractivity contribution in [2.45, 2.75) is 12.0 Å². The summed E-state index contributed by atoms with van der Waals surface area (Å²) >= 11 is 0. The average molecular weight is 258 g/mol. The van der Waals surface area contributed by atoms with E-state index in [0.29, 0.717) is 11.5 Å². The topological polar surface area (TPSA) is 114 Å². The third kappa shape index (κ3) is 2.70. The van der Waals surface area contributed by atoms with Crippen LogP contribution in [0.15, 0.2) is 23.7 Å². The largest absolute Gasteiger partial charge is 0.497 e. The lowest BCUT2D eigenvalue weighted by Crippen LogP contribution is -2.44. The van der Waals surface area contributed by atoms with Crippen LogP contribution in [-0.2, 0) is 14.2 Å². The molecule has 0 aromatic carbocycles. The number of ether oxygens (including phenoxy) is 3. The first kappa shape index (κ1) is 13.8. The molecule has 1 aliphatic carbocycles. The molecule has 0 saturated heterocycles. The Morgan fingerprint density at radius 2 is 2.22 bits per heavy atom. The molecule has 0 fully saturated rings. The standard InChI is InChI=1S/C10H14N2O6/c1-16-7-3-4-10(12(14)15,5-8(7)17-2)6-18-9(11)13/h3-4H,5-6H2,1-2H3,(H2,11,13). The molecule has 1 rings (SSSR count). The molecule has 8 nitrogen and oxygen atoms in total. The van der Waals surface area contributed by atoms with Crippen LogP contribution in [0.1, 0.15) is 6.42 Å². The number of carbonyl (C=O) groups is 1. The van der Waals surface area contributed by atoms with Gasteiger partial charge in [0.1, 0.15) is 5.76 Å². The first-order chi connectivity index (χ1) is 8.45. The minimum Gasteiger partial charge on any atom is -0.497 e. The lowest BCUT2D eigenvalue weighted by atomic mass is 9.91.